The molecule has 7 nitrogen and oxygen atoms in total. The lowest BCUT2D eigenvalue weighted by Gasteiger charge is -2.23. The van der Waals surface area contributed by atoms with E-state index in [4.69, 9.17) is 0 Å². The second-order valence-electron chi connectivity index (χ2n) is 8.40. The number of aromatic nitrogens is 4. The van der Waals surface area contributed by atoms with Crippen molar-refractivity contribution in [2.45, 2.75) is 44.8 Å². The summed E-state index contributed by atoms with van der Waals surface area (Å²) in [5.41, 5.74) is 2.67. The first-order chi connectivity index (χ1) is 16.2. The molecule has 11 heteroatoms. The molecule has 0 bridgehead atoms. The molecule has 1 aliphatic carbocycles. The van der Waals surface area contributed by atoms with Gasteiger partial charge in [0.05, 0.1) is 24.5 Å². The van der Waals surface area contributed by atoms with Crippen molar-refractivity contribution < 1.29 is 17.9 Å². The van der Waals surface area contributed by atoms with Crippen molar-refractivity contribution in [2.24, 2.45) is 7.05 Å². The number of nitrogens with one attached hydrogen (secondary N) is 1. The number of hydrogen-bond acceptors (Lipinski definition) is 6. The summed E-state index contributed by atoms with van der Waals surface area (Å²) < 4.78 is 44.7. The van der Waals surface area contributed by atoms with Gasteiger partial charge in [-0.15, -0.1) is 24.5 Å². The molecule has 0 fully saturated rings. The second-order valence-corrected chi connectivity index (χ2v) is 9.48. The molecule has 0 amide bonds. The molecule has 34 heavy (non-hydrogen) atoms. The van der Waals surface area contributed by atoms with Crippen LogP contribution in [-0.2, 0) is 33.0 Å². The van der Waals surface area contributed by atoms with Gasteiger partial charge in [0.15, 0.2) is 0 Å². The van der Waals surface area contributed by atoms with Crippen LogP contribution < -0.4 is 15.6 Å². The molecule has 1 N–H and O–H groups in total. The highest BCUT2D eigenvalue weighted by atomic mass is 32.1. The lowest BCUT2D eigenvalue weighted by Crippen LogP contribution is -2.33. The Morgan fingerprint density at radius 1 is 1.29 bits per heavy atom. The molecular formula is C23H22F3N5O2S. The summed E-state index contributed by atoms with van der Waals surface area (Å²) in [4.78, 5) is 19.6. The van der Waals surface area contributed by atoms with Gasteiger partial charge in [-0.3, -0.25) is 14.0 Å². The van der Waals surface area contributed by atoms with Crippen molar-refractivity contribution >= 4 is 21.6 Å². The quantitative estimate of drug-likeness (QED) is 0.446. The molecule has 1 aromatic carbocycles. The number of ether oxygens (including phenoxy) is 1. The van der Waals surface area contributed by atoms with E-state index >= 15 is 0 Å². The fraction of sp³-hybridized carbons (Fsp3) is 0.348. The number of aryl methyl sites for hydroxylation is 2. The van der Waals surface area contributed by atoms with Crippen molar-refractivity contribution in [3.05, 3.63) is 74.9 Å². The molecule has 0 radical (unpaired) electrons. The highest BCUT2D eigenvalue weighted by molar-refractivity contribution is 7.18. The van der Waals surface area contributed by atoms with E-state index in [2.05, 4.69) is 20.1 Å². The van der Waals surface area contributed by atoms with Gasteiger partial charge in [-0.25, -0.2) is 4.98 Å². The molecule has 178 valence electrons. The fourth-order valence-electron chi connectivity index (χ4n) is 4.35. The Balaban J connectivity index is 1.29. The fourth-order valence-corrected chi connectivity index (χ4v) is 5.61. The Labute approximate surface area is 196 Å². The molecule has 5 rings (SSSR count). The Kier molecular flexibility index (Phi) is 5.90. The second kappa shape index (κ2) is 8.88. The molecule has 3 aromatic heterocycles. The van der Waals surface area contributed by atoms with E-state index in [9.17, 15) is 18.0 Å². The summed E-state index contributed by atoms with van der Waals surface area (Å²) in [7, 11) is 1.83. The maximum atomic E-state index is 13.2. The Morgan fingerprint density at radius 2 is 2.15 bits per heavy atom. The monoisotopic (exact) mass is 489 g/mol. The number of thiophene rings is 1. The van der Waals surface area contributed by atoms with Crippen LogP contribution in [0, 0.1) is 0 Å². The third kappa shape index (κ3) is 4.85. The van der Waals surface area contributed by atoms with Crippen LogP contribution in [0.4, 0.5) is 13.2 Å². The predicted molar refractivity (Wildman–Crippen MR) is 122 cm³/mol. The minimum Gasteiger partial charge on any atom is -0.406 e. The highest BCUT2D eigenvalue weighted by Crippen LogP contribution is 2.34. The molecule has 1 atom stereocenters. The van der Waals surface area contributed by atoms with Crippen LogP contribution in [0.1, 0.15) is 28.0 Å². The zero-order valence-electron chi connectivity index (χ0n) is 18.3. The lowest BCUT2D eigenvalue weighted by molar-refractivity contribution is -0.274. The summed E-state index contributed by atoms with van der Waals surface area (Å²) in [6.45, 7) is 0.845. The standard InChI is InChI=1S/C23H22F3N5O2S/c1-30-11-15(10-29-30)12-31-13-28-21-20(22(31)32)18-6-5-16(8-19(18)34-21)27-9-14-3-2-4-17(7-14)33-23(24,25)26/h2-4,7,10-11,13,16,27H,5-6,8-9,12H2,1H3. The maximum Gasteiger partial charge on any atom is 0.573 e. The lowest BCUT2D eigenvalue weighted by atomic mass is 9.93. The van der Waals surface area contributed by atoms with Gasteiger partial charge in [0, 0.05) is 36.3 Å². The number of nitrogens with zero attached hydrogens (tertiary/aromatic N) is 4. The van der Waals surface area contributed by atoms with Crippen LogP contribution in [0.2, 0.25) is 0 Å². The van der Waals surface area contributed by atoms with Gasteiger partial charge in [0.25, 0.3) is 5.56 Å². The first kappa shape index (κ1) is 22.6. The van der Waals surface area contributed by atoms with Crippen molar-refractivity contribution in [1.29, 1.82) is 0 Å². The van der Waals surface area contributed by atoms with E-state index in [0.717, 1.165) is 40.1 Å². The van der Waals surface area contributed by atoms with Gasteiger partial charge in [0.2, 0.25) is 0 Å². The predicted octanol–water partition coefficient (Wildman–Crippen LogP) is 3.79. The van der Waals surface area contributed by atoms with Crippen LogP contribution >= 0.6 is 11.3 Å². The Morgan fingerprint density at radius 3 is 2.91 bits per heavy atom. The Bertz CT molecular complexity index is 1390. The van der Waals surface area contributed by atoms with Crippen molar-refractivity contribution in [3.8, 4) is 5.75 Å². The normalized spacial score (nSPS) is 16.1. The number of fused-ring (bicyclic) bond motifs is 3. The molecule has 0 spiro atoms. The van der Waals surface area contributed by atoms with E-state index in [1.165, 1.54) is 12.1 Å². The van der Waals surface area contributed by atoms with Crippen molar-refractivity contribution in [2.75, 3.05) is 0 Å². The van der Waals surface area contributed by atoms with Gasteiger partial charge in [-0.1, -0.05) is 12.1 Å². The molecular weight excluding hydrogens is 467 g/mol. The van der Waals surface area contributed by atoms with Crippen LogP contribution in [0.5, 0.6) is 5.75 Å². The largest absolute Gasteiger partial charge is 0.573 e. The molecule has 3 heterocycles. The van der Waals surface area contributed by atoms with Crippen molar-refractivity contribution in [1.82, 2.24) is 24.6 Å². The van der Waals surface area contributed by atoms with E-state index < -0.39 is 6.36 Å². The van der Waals surface area contributed by atoms with Gasteiger partial charge in [-0.05, 0) is 42.5 Å². The van der Waals surface area contributed by atoms with E-state index in [1.807, 2.05) is 13.2 Å². The number of benzene rings is 1. The first-order valence-corrected chi connectivity index (χ1v) is 11.6. The molecule has 0 aliphatic heterocycles. The number of rotatable bonds is 6. The summed E-state index contributed by atoms with van der Waals surface area (Å²) >= 11 is 1.54. The average Bonchev–Trinajstić information content (AvgIpc) is 3.36. The highest BCUT2D eigenvalue weighted by Gasteiger charge is 2.31. The third-order valence-corrected chi connectivity index (χ3v) is 7.04. The molecule has 1 aliphatic rings. The minimum atomic E-state index is -4.71. The molecule has 1 unspecified atom stereocenters. The van der Waals surface area contributed by atoms with E-state index in [0.29, 0.717) is 24.0 Å². The smallest absolute Gasteiger partial charge is 0.406 e. The van der Waals surface area contributed by atoms with Crippen LogP contribution in [-0.4, -0.2) is 31.7 Å². The zero-order valence-corrected chi connectivity index (χ0v) is 19.1. The average molecular weight is 490 g/mol. The Hall–Kier alpha value is -3.18. The summed E-state index contributed by atoms with van der Waals surface area (Å²) in [6, 6.07) is 6.15. The van der Waals surface area contributed by atoms with Crippen LogP contribution in [0.15, 0.2) is 47.8 Å². The molecule has 4 aromatic rings. The van der Waals surface area contributed by atoms with Crippen LogP contribution in [0.25, 0.3) is 10.2 Å². The topological polar surface area (TPSA) is 74.0 Å². The number of hydrogen-bond donors (Lipinski definition) is 1. The minimum absolute atomic E-state index is 0.0424. The molecule has 0 saturated carbocycles. The van der Waals surface area contributed by atoms with E-state index in [-0.39, 0.29) is 17.4 Å². The van der Waals surface area contributed by atoms with Gasteiger partial charge >= 0.3 is 6.36 Å². The SMILES string of the molecule is Cn1cc(Cn2cnc3sc4c(c3c2=O)CCC(NCc2cccc(OC(F)(F)F)c2)C4)cn1. The molecule has 0 saturated heterocycles. The zero-order chi connectivity index (χ0) is 23.9. The summed E-state index contributed by atoms with van der Waals surface area (Å²) in [5.74, 6) is -0.226. The van der Waals surface area contributed by atoms with Crippen molar-refractivity contribution in [3.63, 3.8) is 0 Å². The number of alkyl halides is 3. The summed E-state index contributed by atoms with van der Waals surface area (Å²) in [5, 5.41) is 8.28. The maximum absolute atomic E-state index is 13.2. The first-order valence-electron chi connectivity index (χ1n) is 10.8. The van der Waals surface area contributed by atoms with Crippen LogP contribution in [0.3, 0.4) is 0 Å². The number of halogens is 3. The van der Waals surface area contributed by atoms with Gasteiger partial charge in [-0.2, -0.15) is 5.10 Å². The van der Waals surface area contributed by atoms with E-state index in [1.54, 1.807) is 45.2 Å². The van der Waals surface area contributed by atoms with Gasteiger partial charge < -0.3 is 10.1 Å². The summed E-state index contributed by atoms with van der Waals surface area (Å²) in [6.07, 6.45) is 2.81. The van der Waals surface area contributed by atoms with Gasteiger partial charge in [0.1, 0.15) is 10.6 Å². The third-order valence-electron chi connectivity index (χ3n) is 5.87.